The van der Waals surface area contributed by atoms with E-state index in [1.54, 1.807) is 0 Å². The predicted octanol–water partition coefficient (Wildman–Crippen LogP) is 5.14. The molecule has 0 bridgehead atoms. The molecule has 3 aromatic rings. The van der Waals surface area contributed by atoms with Gasteiger partial charge in [-0.3, -0.25) is 0 Å². The number of nitrogens with one attached hydrogen (secondary N) is 1. The number of aromatic amines is 1. The van der Waals surface area contributed by atoms with Gasteiger partial charge in [-0.15, -0.1) is 0 Å². The van der Waals surface area contributed by atoms with Gasteiger partial charge in [0.05, 0.1) is 0 Å². The third kappa shape index (κ3) is 3.45. The zero-order valence-electron chi connectivity index (χ0n) is 14.4. The lowest BCUT2D eigenvalue weighted by molar-refractivity contribution is 0.271. The smallest absolute Gasteiger partial charge is 0.126 e. The summed E-state index contributed by atoms with van der Waals surface area (Å²) >= 11 is 0. The number of nitrogens with zero attached hydrogens (tertiary/aromatic N) is 1. The van der Waals surface area contributed by atoms with Crippen molar-refractivity contribution >= 4 is 10.9 Å². The second kappa shape index (κ2) is 6.60. The van der Waals surface area contributed by atoms with E-state index in [9.17, 15) is 8.78 Å². The molecular formula is C21H22F2N2. The molecule has 1 fully saturated rings. The molecule has 2 aromatic carbocycles. The summed E-state index contributed by atoms with van der Waals surface area (Å²) in [6.07, 6.45) is 3.57. The maximum Gasteiger partial charge on any atom is 0.126 e. The van der Waals surface area contributed by atoms with Gasteiger partial charge in [0.15, 0.2) is 0 Å². The first kappa shape index (κ1) is 16.3. The van der Waals surface area contributed by atoms with E-state index in [4.69, 9.17) is 0 Å². The minimum absolute atomic E-state index is 0.551. The summed E-state index contributed by atoms with van der Waals surface area (Å²) in [6.45, 7) is 4.55. The molecule has 25 heavy (non-hydrogen) atoms. The van der Waals surface area contributed by atoms with Gasteiger partial charge in [-0.2, -0.15) is 0 Å². The molecule has 4 rings (SSSR count). The van der Waals surface area contributed by atoms with Crippen LogP contribution in [-0.2, 0) is 6.42 Å². The molecule has 0 radical (unpaired) electrons. The Hall–Kier alpha value is -2.20. The molecule has 0 spiro atoms. The summed E-state index contributed by atoms with van der Waals surface area (Å²) in [4.78, 5) is 6.00. The van der Waals surface area contributed by atoms with Gasteiger partial charge in [-0.25, -0.2) is 8.78 Å². The lowest BCUT2D eigenvalue weighted by atomic mass is 10.0. The van der Waals surface area contributed by atoms with Gasteiger partial charge in [-0.1, -0.05) is 6.07 Å². The van der Waals surface area contributed by atoms with E-state index in [0.717, 1.165) is 35.5 Å². The van der Waals surface area contributed by atoms with Crippen LogP contribution in [0.5, 0.6) is 0 Å². The number of H-pyrrole nitrogens is 1. The summed E-state index contributed by atoms with van der Waals surface area (Å²) in [5.41, 5.74) is 3.65. The van der Waals surface area contributed by atoms with E-state index < -0.39 is 11.6 Å². The number of aromatic nitrogens is 1. The summed E-state index contributed by atoms with van der Waals surface area (Å²) < 4.78 is 26.9. The Labute approximate surface area is 146 Å². The van der Waals surface area contributed by atoms with E-state index >= 15 is 0 Å². The highest BCUT2D eigenvalue weighted by Gasteiger charge is 2.19. The molecule has 1 atom stereocenters. The van der Waals surface area contributed by atoms with Crippen LogP contribution in [0.15, 0.2) is 42.5 Å². The monoisotopic (exact) mass is 340 g/mol. The van der Waals surface area contributed by atoms with E-state index in [0.29, 0.717) is 11.6 Å². The Kier molecular flexibility index (Phi) is 4.30. The maximum atomic E-state index is 13.5. The van der Waals surface area contributed by atoms with E-state index in [-0.39, 0.29) is 0 Å². The molecule has 2 heterocycles. The quantitative estimate of drug-likeness (QED) is 0.697. The first-order valence-electron chi connectivity index (χ1n) is 8.91. The van der Waals surface area contributed by atoms with Gasteiger partial charge in [0.2, 0.25) is 0 Å². The summed E-state index contributed by atoms with van der Waals surface area (Å²) in [6, 6.07) is 12.3. The molecule has 1 saturated heterocycles. The molecule has 1 N–H and O–H groups in total. The molecular weight excluding hydrogens is 318 g/mol. The lowest BCUT2D eigenvalue weighted by Crippen LogP contribution is -2.29. The molecule has 1 aliphatic rings. The summed E-state index contributed by atoms with van der Waals surface area (Å²) in [5.74, 6) is -1.10. The molecule has 1 aromatic heterocycles. The van der Waals surface area contributed by atoms with Gasteiger partial charge in [-0.05, 0) is 67.8 Å². The SMILES string of the molecule is CC1CCCN1CCc1cc2cc(-c3cc(F)cc(F)c3)ccc2[nH]1. The summed E-state index contributed by atoms with van der Waals surface area (Å²) in [5, 5.41) is 1.08. The van der Waals surface area contributed by atoms with Crippen molar-refractivity contribution in [3.63, 3.8) is 0 Å². The minimum Gasteiger partial charge on any atom is -0.358 e. The molecule has 1 aliphatic heterocycles. The molecule has 2 nitrogen and oxygen atoms in total. The van der Waals surface area contributed by atoms with E-state index in [1.165, 1.54) is 37.2 Å². The number of likely N-dealkylation sites (tertiary alicyclic amines) is 1. The van der Waals surface area contributed by atoms with Crippen LogP contribution in [0.1, 0.15) is 25.5 Å². The van der Waals surface area contributed by atoms with Gasteiger partial charge in [0, 0.05) is 41.7 Å². The normalized spacial score (nSPS) is 18.3. The Morgan fingerprint density at radius 1 is 1.04 bits per heavy atom. The second-order valence-corrected chi connectivity index (χ2v) is 7.03. The first-order chi connectivity index (χ1) is 12.1. The van der Waals surface area contributed by atoms with Crippen molar-refractivity contribution < 1.29 is 8.78 Å². The molecule has 4 heteroatoms. The number of rotatable bonds is 4. The number of hydrogen-bond acceptors (Lipinski definition) is 1. The highest BCUT2D eigenvalue weighted by Crippen LogP contribution is 2.27. The fourth-order valence-corrected chi connectivity index (χ4v) is 3.82. The van der Waals surface area contributed by atoms with Crippen LogP contribution in [0.3, 0.4) is 0 Å². The Bertz CT molecular complexity index is 880. The van der Waals surface area contributed by atoms with E-state index in [1.807, 2.05) is 18.2 Å². The van der Waals surface area contributed by atoms with Crippen LogP contribution in [0.2, 0.25) is 0 Å². The van der Waals surface area contributed by atoms with Gasteiger partial charge >= 0.3 is 0 Å². The maximum absolute atomic E-state index is 13.5. The van der Waals surface area contributed by atoms with Crippen LogP contribution in [0.4, 0.5) is 8.78 Å². The van der Waals surface area contributed by atoms with E-state index in [2.05, 4.69) is 22.9 Å². The van der Waals surface area contributed by atoms with Crippen LogP contribution in [0, 0.1) is 11.6 Å². The van der Waals surface area contributed by atoms with Crippen molar-refractivity contribution in [1.29, 1.82) is 0 Å². The third-order valence-corrected chi connectivity index (χ3v) is 5.23. The average molecular weight is 340 g/mol. The van der Waals surface area contributed by atoms with Crippen molar-refractivity contribution in [1.82, 2.24) is 9.88 Å². The molecule has 0 saturated carbocycles. The lowest BCUT2D eigenvalue weighted by Gasteiger charge is -2.20. The fourth-order valence-electron chi connectivity index (χ4n) is 3.82. The van der Waals surface area contributed by atoms with Crippen LogP contribution in [-0.4, -0.2) is 29.0 Å². The number of fused-ring (bicyclic) bond motifs is 1. The highest BCUT2D eigenvalue weighted by atomic mass is 19.1. The summed E-state index contributed by atoms with van der Waals surface area (Å²) in [7, 11) is 0. The van der Waals surface area contributed by atoms with Gasteiger partial charge in [0.1, 0.15) is 11.6 Å². The highest BCUT2D eigenvalue weighted by molar-refractivity contribution is 5.85. The molecule has 130 valence electrons. The van der Waals surface area contributed by atoms with Crippen molar-refractivity contribution in [2.45, 2.75) is 32.2 Å². The number of halogens is 2. The first-order valence-corrected chi connectivity index (χ1v) is 8.91. The average Bonchev–Trinajstić information content (AvgIpc) is 3.16. The second-order valence-electron chi connectivity index (χ2n) is 7.03. The number of hydrogen-bond donors (Lipinski definition) is 1. The Balaban J connectivity index is 1.56. The molecule has 1 unspecified atom stereocenters. The van der Waals surface area contributed by atoms with Crippen molar-refractivity contribution in [3.8, 4) is 11.1 Å². The predicted molar refractivity (Wildman–Crippen MR) is 97.6 cm³/mol. The molecule has 0 amide bonds. The van der Waals surface area contributed by atoms with Crippen LogP contribution in [0.25, 0.3) is 22.0 Å². The topological polar surface area (TPSA) is 19.0 Å². The Morgan fingerprint density at radius 2 is 1.84 bits per heavy atom. The fraction of sp³-hybridized carbons (Fsp3) is 0.333. The third-order valence-electron chi connectivity index (χ3n) is 5.23. The molecule has 0 aliphatic carbocycles. The van der Waals surface area contributed by atoms with Crippen LogP contribution >= 0.6 is 0 Å². The van der Waals surface area contributed by atoms with Crippen molar-refractivity contribution in [2.75, 3.05) is 13.1 Å². The zero-order chi connectivity index (χ0) is 17.4. The largest absolute Gasteiger partial charge is 0.358 e. The van der Waals surface area contributed by atoms with Gasteiger partial charge in [0.25, 0.3) is 0 Å². The van der Waals surface area contributed by atoms with Crippen molar-refractivity contribution in [3.05, 3.63) is 59.8 Å². The minimum atomic E-state index is -0.551. The number of benzene rings is 2. The van der Waals surface area contributed by atoms with Crippen LogP contribution < -0.4 is 0 Å². The Morgan fingerprint density at radius 3 is 2.56 bits per heavy atom. The van der Waals surface area contributed by atoms with Crippen molar-refractivity contribution in [2.24, 2.45) is 0 Å². The standard InChI is InChI=1S/C21H22F2N2/c1-14-3-2-7-25(14)8-6-20-12-17-9-15(4-5-21(17)24-20)16-10-18(22)13-19(23)11-16/h4-5,9-14,24H,2-3,6-8H2,1H3. The zero-order valence-corrected chi connectivity index (χ0v) is 14.4. The van der Waals surface area contributed by atoms with Gasteiger partial charge < -0.3 is 9.88 Å².